The lowest BCUT2D eigenvalue weighted by atomic mass is 9.77. The number of esters is 2. The Labute approximate surface area is 222 Å². The van der Waals surface area contributed by atoms with Gasteiger partial charge in [-0.25, -0.2) is 14.0 Å². The summed E-state index contributed by atoms with van der Waals surface area (Å²) in [5, 5.41) is 9.03. The van der Waals surface area contributed by atoms with Crippen LogP contribution in [0.3, 0.4) is 0 Å². The summed E-state index contributed by atoms with van der Waals surface area (Å²) in [7, 11) is 0. The van der Waals surface area contributed by atoms with E-state index in [1.165, 1.54) is 38.5 Å². The van der Waals surface area contributed by atoms with Crippen molar-refractivity contribution in [3.8, 4) is 0 Å². The largest absolute Gasteiger partial charge is 0.462 e. The number of rotatable bonds is 16. The molecule has 0 spiro atoms. The number of halogens is 1. The third kappa shape index (κ3) is 10.8. The van der Waals surface area contributed by atoms with E-state index < -0.39 is 18.5 Å². The van der Waals surface area contributed by atoms with Gasteiger partial charge in [-0.3, -0.25) is 0 Å². The second kappa shape index (κ2) is 16.4. The fraction of sp³-hybridized carbons (Fsp3) is 0.613. The molecule has 1 fully saturated rings. The summed E-state index contributed by atoms with van der Waals surface area (Å²) in [4.78, 5) is 23.5. The fourth-order valence-electron chi connectivity index (χ4n) is 5.04. The van der Waals surface area contributed by atoms with Gasteiger partial charge in [0.1, 0.15) is 5.82 Å². The van der Waals surface area contributed by atoms with Gasteiger partial charge in [0.15, 0.2) is 0 Å². The second-order valence-corrected chi connectivity index (χ2v) is 10.5. The Kier molecular flexibility index (Phi) is 13.6. The van der Waals surface area contributed by atoms with Crippen LogP contribution in [0.15, 0.2) is 42.5 Å². The minimum atomic E-state index is -0.648. The smallest absolute Gasteiger partial charge is 0.335 e. The molecule has 0 aliphatic heterocycles. The quantitative estimate of drug-likeness (QED) is 0.148. The van der Waals surface area contributed by atoms with Gasteiger partial charge in [0.25, 0.3) is 0 Å². The first-order valence-electron chi connectivity index (χ1n) is 13.8. The molecule has 1 saturated carbocycles. The van der Waals surface area contributed by atoms with Crippen molar-refractivity contribution in [1.82, 2.24) is 0 Å². The van der Waals surface area contributed by atoms with E-state index in [-0.39, 0.29) is 30.5 Å². The van der Waals surface area contributed by atoms with Gasteiger partial charge < -0.3 is 14.6 Å². The summed E-state index contributed by atoms with van der Waals surface area (Å²) in [6, 6.07) is 5.63. The van der Waals surface area contributed by atoms with E-state index in [0.29, 0.717) is 36.3 Å². The zero-order chi connectivity index (χ0) is 27.2. The topological polar surface area (TPSA) is 72.8 Å². The van der Waals surface area contributed by atoms with Crippen LogP contribution in [-0.2, 0) is 25.5 Å². The lowest BCUT2D eigenvalue weighted by molar-refractivity contribution is -0.139. The molecule has 0 aromatic heterocycles. The van der Waals surface area contributed by atoms with Gasteiger partial charge in [-0.1, -0.05) is 57.9 Å². The molecule has 1 aliphatic rings. The van der Waals surface area contributed by atoms with Crippen molar-refractivity contribution in [2.75, 3.05) is 19.8 Å². The zero-order valence-corrected chi connectivity index (χ0v) is 22.7. The van der Waals surface area contributed by atoms with E-state index >= 15 is 4.39 Å². The van der Waals surface area contributed by atoms with E-state index in [1.54, 1.807) is 13.0 Å². The molecule has 1 aromatic carbocycles. The van der Waals surface area contributed by atoms with Crippen LogP contribution in [0.4, 0.5) is 4.39 Å². The minimum absolute atomic E-state index is 0.0106. The Morgan fingerprint density at radius 2 is 1.70 bits per heavy atom. The van der Waals surface area contributed by atoms with Gasteiger partial charge in [-0.05, 0) is 86.8 Å². The molecule has 1 unspecified atom stereocenters. The minimum Gasteiger partial charge on any atom is -0.462 e. The normalized spacial score (nSPS) is 18.2. The molecule has 1 aromatic rings. The highest BCUT2D eigenvalue weighted by Crippen LogP contribution is 2.38. The Bertz CT molecular complexity index is 901. The highest BCUT2D eigenvalue weighted by molar-refractivity contribution is 5.88. The molecule has 1 N–H and O–H groups in total. The molecule has 5 nitrogen and oxygen atoms in total. The Morgan fingerprint density at radius 3 is 2.27 bits per heavy atom. The van der Waals surface area contributed by atoms with Crippen molar-refractivity contribution in [1.29, 1.82) is 0 Å². The first-order chi connectivity index (χ1) is 17.7. The average molecular weight is 517 g/mol. The highest BCUT2D eigenvalue weighted by Gasteiger charge is 2.23. The lowest BCUT2D eigenvalue weighted by Crippen LogP contribution is -2.17. The number of carbonyl (C=O) groups is 2. The number of aliphatic hydroxyl groups excluding tert-OH is 1. The Balaban J connectivity index is 1.96. The molecule has 0 heterocycles. The number of carbonyl (C=O) groups excluding carboxylic acids is 2. The average Bonchev–Trinajstić information content (AvgIpc) is 2.89. The summed E-state index contributed by atoms with van der Waals surface area (Å²) in [6.45, 7) is 10.7. The number of hydrogen-bond donors (Lipinski definition) is 1. The van der Waals surface area contributed by atoms with Crippen LogP contribution < -0.4 is 0 Å². The van der Waals surface area contributed by atoms with Crippen molar-refractivity contribution in [2.45, 2.75) is 90.4 Å². The highest BCUT2D eigenvalue weighted by atomic mass is 19.1. The number of ether oxygens (including phenoxy) is 2. The second-order valence-electron chi connectivity index (χ2n) is 10.5. The van der Waals surface area contributed by atoms with E-state index in [9.17, 15) is 9.59 Å². The van der Waals surface area contributed by atoms with Crippen LogP contribution in [0, 0.1) is 17.7 Å². The Hall–Kier alpha value is -2.47. The van der Waals surface area contributed by atoms with E-state index in [0.717, 1.165) is 24.3 Å². The summed E-state index contributed by atoms with van der Waals surface area (Å²) < 4.78 is 25.6. The SMILES string of the molecule is C=C(C)C(=O)OCCC(CCOC(=O)C(=C)CO)Cc1ccc(C2CCC(CCCCC)CC2)cc1F. The molecule has 37 heavy (non-hydrogen) atoms. The number of hydrogen-bond acceptors (Lipinski definition) is 5. The van der Waals surface area contributed by atoms with Gasteiger partial charge in [-0.15, -0.1) is 0 Å². The van der Waals surface area contributed by atoms with Crippen molar-refractivity contribution in [3.05, 3.63) is 59.4 Å². The molecular formula is C31H45FO5. The first-order valence-corrected chi connectivity index (χ1v) is 13.8. The van der Waals surface area contributed by atoms with Crippen LogP contribution in [-0.4, -0.2) is 36.9 Å². The molecule has 1 atom stereocenters. The molecule has 0 saturated heterocycles. The lowest BCUT2D eigenvalue weighted by Gasteiger charge is -2.29. The van der Waals surface area contributed by atoms with Crippen LogP contribution >= 0.6 is 0 Å². The molecule has 0 amide bonds. The van der Waals surface area contributed by atoms with Gasteiger partial charge >= 0.3 is 11.9 Å². The number of benzene rings is 1. The Morgan fingerprint density at radius 1 is 1.05 bits per heavy atom. The van der Waals surface area contributed by atoms with Gasteiger partial charge in [-0.2, -0.15) is 0 Å². The van der Waals surface area contributed by atoms with Crippen LogP contribution in [0.5, 0.6) is 0 Å². The van der Waals surface area contributed by atoms with Gasteiger partial charge in [0, 0.05) is 5.57 Å². The molecule has 2 rings (SSSR count). The van der Waals surface area contributed by atoms with Gasteiger partial charge in [0.2, 0.25) is 0 Å². The molecule has 6 heteroatoms. The van der Waals surface area contributed by atoms with Crippen LogP contribution in [0.2, 0.25) is 0 Å². The summed E-state index contributed by atoms with van der Waals surface area (Å²) in [5.74, 6) is -0.146. The van der Waals surface area contributed by atoms with Crippen LogP contribution in [0.1, 0.15) is 95.1 Å². The molecule has 0 bridgehead atoms. The number of unbranched alkanes of at least 4 members (excludes halogenated alkanes) is 2. The van der Waals surface area contributed by atoms with E-state index in [1.807, 2.05) is 6.07 Å². The van der Waals surface area contributed by atoms with Crippen LogP contribution in [0.25, 0.3) is 0 Å². The zero-order valence-electron chi connectivity index (χ0n) is 22.7. The van der Waals surface area contributed by atoms with Crippen molar-refractivity contribution in [3.63, 3.8) is 0 Å². The summed E-state index contributed by atoms with van der Waals surface area (Å²) in [5.41, 5.74) is 2.00. The standard InChI is InChI=1S/C31H45FO5/c1-5-6-7-8-24-9-11-26(12-10-24)27-13-14-28(29(32)20-27)19-25(15-17-36-30(34)22(2)3)16-18-37-31(35)23(4)21-33/h13-14,20,24-26,33H,2,4-12,15-19,21H2,1,3H3. The maximum Gasteiger partial charge on any atom is 0.335 e. The molecular weight excluding hydrogens is 471 g/mol. The van der Waals surface area contributed by atoms with Crippen molar-refractivity contribution < 1.29 is 28.6 Å². The van der Waals surface area contributed by atoms with E-state index in [2.05, 4.69) is 26.1 Å². The monoisotopic (exact) mass is 516 g/mol. The molecule has 206 valence electrons. The van der Waals surface area contributed by atoms with Gasteiger partial charge in [0.05, 0.1) is 25.4 Å². The third-order valence-corrected chi connectivity index (χ3v) is 7.47. The summed E-state index contributed by atoms with van der Waals surface area (Å²) in [6.07, 6.45) is 11.3. The third-order valence-electron chi connectivity index (χ3n) is 7.47. The summed E-state index contributed by atoms with van der Waals surface area (Å²) >= 11 is 0. The van der Waals surface area contributed by atoms with Crippen molar-refractivity contribution >= 4 is 11.9 Å². The van der Waals surface area contributed by atoms with E-state index in [4.69, 9.17) is 14.6 Å². The number of aliphatic hydroxyl groups is 1. The predicted octanol–water partition coefficient (Wildman–Crippen LogP) is 6.83. The predicted molar refractivity (Wildman–Crippen MR) is 145 cm³/mol. The first kappa shape index (κ1) is 30.8. The molecule has 0 radical (unpaired) electrons. The fourth-order valence-corrected chi connectivity index (χ4v) is 5.04. The molecule has 1 aliphatic carbocycles. The maximum atomic E-state index is 15.2. The maximum absolute atomic E-state index is 15.2. The van der Waals surface area contributed by atoms with Crippen molar-refractivity contribution in [2.24, 2.45) is 11.8 Å².